The molecule has 0 aromatic heterocycles. The summed E-state index contributed by atoms with van der Waals surface area (Å²) in [5, 5.41) is 0. The van der Waals surface area contributed by atoms with Gasteiger partial charge in [0.15, 0.2) is 0 Å². The minimum Gasteiger partial charge on any atom is -0.0625 e. The van der Waals surface area contributed by atoms with E-state index in [2.05, 4.69) is 41.5 Å². The fourth-order valence-electron chi connectivity index (χ4n) is 5.88. The summed E-state index contributed by atoms with van der Waals surface area (Å²) < 4.78 is 0. The van der Waals surface area contributed by atoms with Crippen molar-refractivity contribution in [3.63, 3.8) is 0 Å². The molecule has 0 radical (unpaired) electrons. The number of hydrogen-bond acceptors (Lipinski definition) is 0. The zero-order valence-corrected chi connectivity index (χ0v) is 18.4. The Labute approximate surface area is 163 Å². The molecule has 0 N–H and O–H groups in total. The summed E-state index contributed by atoms with van der Waals surface area (Å²) in [5.74, 6) is 4.01. The second-order valence-corrected chi connectivity index (χ2v) is 10.1. The Morgan fingerprint density at radius 3 is 1.42 bits per heavy atom. The van der Waals surface area contributed by atoms with Gasteiger partial charge in [-0.3, -0.25) is 0 Å². The van der Waals surface area contributed by atoms with Crippen LogP contribution in [0.5, 0.6) is 0 Å². The van der Waals surface area contributed by atoms with Gasteiger partial charge in [0.1, 0.15) is 0 Å². The molecule has 3 rings (SSSR count). The van der Waals surface area contributed by atoms with Crippen LogP contribution in [0.25, 0.3) is 0 Å². The molecular weight excluding hydrogens is 312 g/mol. The van der Waals surface area contributed by atoms with Gasteiger partial charge >= 0.3 is 0 Å². The van der Waals surface area contributed by atoms with Gasteiger partial charge in [-0.1, -0.05) is 45.4 Å². The Bertz CT molecular complexity index is 578. The monoisotopic (exact) mass is 354 g/mol. The molecule has 0 nitrogen and oxygen atoms in total. The minimum atomic E-state index is 0.927. The Hall–Kier alpha value is -0.780. The van der Waals surface area contributed by atoms with Gasteiger partial charge in [0.2, 0.25) is 0 Å². The van der Waals surface area contributed by atoms with E-state index in [1.807, 2.05) is 0 Å². The first-order chi connectivity index (χ1) is 12.4. The lowest BCUT2D eigenvalue weighted by atomic mass is 9.72. The Morgan fingerprint density at radius 1 is 0.538 bits per heavy atom. The second kappa shape index (κ2) is 8.49. The molecule has 0 atom stereocenters. The van der Waals surface area contributed by atoms with Crippen LogP contribution in [-0.4, -0.2) is 0 Å². The van der Waals surface area contributed by atoms with Crippen LogP contribution in [-0.2, 0) is 6.42 Å². The lowest BCUT2D eigenvalue weighted by Crippen LogP contribution is -2.21. The maximum atomic E-state index is 2.44. The first-order valence-corrected chi connectivity index (χ1v) is 11.4. The molecule has 2 aliphatic carbocycles. The van der Waals surface area contributed by atoms with Crippen molar-refractivity contribution < 1.29 is 0 Å². The molecule has 0 unspecified atom stereocenters. The summed E-state index contributed by atoms with van der Waals surface area (Å²) in [5.41, 5.74) is 9.39. The third-order valence-corrected chi connectivity index (χ3v) is 8.42. The van der Waals surface area contributed by atoms with Crippen LogP contribution >= 0.6 is 0 Å². The van der Waals surface area contributed by atoms with E-state index in [0.29, 0.717) is 0 Å². The highest BCUT2D eigenvalue weighted by Crippen LogP contribution is 2.40. The van der Waals surface area contributed by atoms with E-state index in [9.17, 15) is 0 Å². The van der Waals surface area contributed by atoms with Crippen molar-refractivity contribution >= 4 is 0 Å². The van der Waals surface area contributed by atoms with Crippen molar-refractivity contribution in [2.75, 3.05) is 0 Å². The molecule has 26 heavy (non-hydrogen) atoms. The zero-order valence-electron chi connectivity index (χ0n) is 18.4. The van der Waals surface area contributed by atoms with E-state index in [0.717, 1.165) is 23.7 Å². The van der Waals surface area contributed by atoms with Gasteiger partial charge in [-0.15, -0.1) is 0 Å². The van der Waals surface area contributed by atoms with Gasteiger partial charge in [-0.05, 0) is 117 Å². The third kappa shape index (κ3) is 4.37. The summed E-state index contributed by atoms with van der Waals surface area (Å²) in [7, 11) is 0. The van der Waals surface area contributed by atoms with Crippen LogP contribution in [0.2, 0.25) is 0 Å². The van der Waals surface area contributed by atoms with Crippen LogP contribution in [0.1, 0.15) is 98.1 Å². The number of hydrogen-bond donors (Lipinski definition) is 0. The number of rotatable bonds is 4. The Kier molecular flexibility index (Phi) is 6.52. The largest absolute Gasteiger partial charge is 0.0625 e. The summed E-state index contributed by atoms with van der Waals surface area (Å²) in [6.07, 6.45) is 14.8. The first-order valence-electron chi connectivity index (χ1n) is 11.4. The van der Waals surface area contributed by atoms with E-state index in [1.165, 1.54) is 74.5 Å². The molecule has 1 aromatic rings. The predicted molar refractivity (Wildman–Crippen MR) is 115 cm³/mol. The highest BCUT2D eigenvalue weighted by Gasteiger charge is 2.27. The van der Waals surface area contributed by atoms with Gasteiger partial charge in [-0.2, -0.15) is 0 Å². The van der Waals surface area contributed by atoms with Crippen molar-refractivity contribution in [1.82, 2.24) is 0 Å². The van der Waals surface area contributed by atoms with Gasteiger partial charge < -0.3 is 0 Å². The topological polar surface area (TPSA) is 0 Å². The lowest BCUT2D eigenvalue weighted by Gasteiger charge is -2.34. The van der Waals surface area contributed by atoms with E-state index in [4.69, 9.17) is 0 Å². The Morgan fingerprint density at radius 2 is 0.923 bits per heavy atom. The maximum Gasteiger partial charge on any atom is -0.0245 e. The smallest absolute Gasteiger partial charge is 0.0245 e. The van der Waals surface area contributed by atoms with Gasteiger partial charge in [-0.25, -0.2) is 0 Å². The molecule has 0 bridgehead atoms. The standard InChI is InChI=1S/C26H42/c1-17-7-9-23(10-8-17)15-24-11-13-25(14-12-24)16-26-21(5)19(3)18(2)20(4)22(26)6/h17,23-25H,7-16H2,1-6H3. The van der Waals surface area contributed by atoms with Crippen molar-refractivity contribution in [2.24, 2.45) is 23.7 Å². The maximum absolute atomic E-state index is 2.44. The molecule has 2 saturated carbocycles. The highest BCUT2D eigenvalue weighted by atomic mass is 14.3. The van der Waals surface area contributed by atoms with Gasteiger partial charge in [0.05, 0.1) is 0 Å². The third-order valence-electron chi connectivity index (χ3n) is 8.42. The molecule has 0 heteroatoms. The summed E-state index contributed by atoms with van der Waals surface area (Å²) in [6, 6.07) is 0. The van der Waals surface area contributed by atoms with E-state index in [1.54, 1.807) is 23.1 Å². The minimum absolute atomic E-state index is 0.927. The molecule has 0 heterocycles. The molecule has 0 amide bonds. The molecule has 0 aliphatic heterocycles. The average molecular weight is 355 g/mol. The molecule has 0 saturated heterocycles. The average Bonchev–Trinajstić information content (AvgIpc) is 2.65. The normalized spacial score (nSPS) is 29.8. The Balaban J connectivity index is 1.55. The van der Waals surface area contributed by atoms with Crippen LogP contribution in [0.4, 0.5) is 0 Å². The zero-order chi connectivity index (χ0) is 18.8. The van der Waals surface area contributed by atoms with E-state index >= 15 is 0 Å². The first kappa shape index (κ1) is 20.0. The van der Waals surface area contributed by atoms with E-state index < -0.39 is 0 Å². The van der Waals surface area contributed by atoms with Crippen molar-refractivity contribution in [1.29, 1.82) is 0 Å². The molecular formula is C26H42. The van der Waals surface area contributed by atoms with Crippen molar-refractivity contribution in [2.45, 2.75) is 106 Å². The van der Waals surface area contributed by atoms with Crippen molar-refractivity contribution in [3.8, 4) is 0 Å². The van der Waals surface area contributed by atoms with Crippen LogP contribution in [0.3, 0.4) is 0 Å². The molecule has 2 fully saturated rings. The molecule has 1 aromatic carbocycles. The number of benzene rings is 1. The lowest BCUT2D eigenvalue weighted by molar-refractivity contribution is 0.195. The fraction of sp³-hybridized carbons (Fsp3) is 0.769. The fourth-order valence-corrected chi connectivity index (χ4v) is 5.88. The van der Waals surface area contributed by atoms with E-state index in [-0.39, 0.29) is 0 Å². The predicted octanol–water partition coefficient (Wildman–Crippen LogP) is 7.79. The second-order valence-electron chi connectivity index (χ2n) is 10.1. The van der Waals surface area contributed by atoms with Crippen LogP contribution in [0, 0.1) is 58.3 Å². The SMILES string of the molecule is Cc1c(C)c(C)c(CC2CCC(CC3CCC(C)CC3)CC2)c(C)c1C. The summed E-state index contributed by atoms with van der Waals surface area (Å²) in [6.45, 7) is 14.1. The quantitative estimate of drug-likeness (QED) is 0.517. The van der Waals surface area contributed by atoms with Gasteiger partial charge in [0, 0.05) is 0 Å². The molecule has 0 spiro atoms. The molecule has 146 valence electrons. The van der Waals surface area contributed by atoms with Gasteiger partial charge in [0.25, 0.3) is 0 Å². The summed E-state index contributed by atoms with van der Waals surface area (Å²) >= 11 is 0. The summed E-state index contributed by atoms with van der Waals surface area (Å²) in [4.78, 5) is 0. The van der Waals surface area contributed by atoms with Crippen LogP contribution in [0.15, 0.2) is 0 Å². The van der Waals surface area contributed by atoms with Crippen molar-refractivity contribution in [3.05, 3.63) is 33.4 Å². The van der Waals surface area contributed by atoms with Crippen LogP contribution < -0.4 is 0 Å². The highest BCUT2D eigenvalue weighted by molar-refractivity contribution is 5.49. The molecule has 2 aliphatic rings.